The molecule has 1 rings (SSSR count). The van der Waals surface area contributed by atoms with Gasteiger partial charge in [-0.3, -0.25) is 9.78 Å². The van der Waals surface area contributed by atoms with E-state index in [2.05, 4.69) is 10.3 Å². The van der Waals surface area contributed by atoms with E-state index in [1.54, 1.807) is 19.1 Å². The van der Waals surface area contributed by atoms with Crippen LogP contribution in [-0.4, -0.2) is 28.0 Å². The summed E-state index contributed by atoms with van der Waals surface area (Å²) in [5, 5.41) is 11.6. The van der Waals surface area contributed by atoms with Crippen LogP contribution in [0.2, 0.25) is 0 Å². The van der Waals surface area contributed by atoms with Gasteiger partial charge in [0.25, 0.3) is 5.91 Å². The summed E-state index contributed by atoms with van der Waals surface area (Å²) in [6, 6.07) is 2.54. The van der Waals surface area contributed by atoms with Crippen LogP contribution in [0.3, 0.4) is 0 Å². The summed E-state index contributed by atoms with van der Waals surface area (Å²) < 4.78 is 0. The van der Waals surface area contributed by atoms with E-state index in [0.29, 0.717) is 17.7 Å². The lowest BCUT2D eigenvalue weighted by molar-refractivity contribution is -0.139. The molecular formula is C14H20N2O3. The molecule has 0 radical (unpaired) electrons. The Labute approximate surface area is 113 Å². The number of hydrogen-bond donors (Lipinski definition) is 2. The summed E-state index contributed by atoms with van der Waals surface area (Å²) in [6.45, 7) is 7.41. The molecule has 0 saturated carbocycles. The number of hydrogen-bond acceptors (Lipinski definition) is 3. The van der Waals surface area contributed by atoms with Gasteiger partial charge in [-0.2, -0.15) is 0 Å². The Morgan fingerprint density at radius 2 is 1.95 bits per heavy atom. The van der Waals surface area contributed by atoms with Gasteiger partial charge in [0.15, 0.2) is 0 Å². The quantitative estimate of drug-likeness (QED) is 0.851. The van der Waals surface area contributed by atoms with Crippen molar-refractivity contribution >= 4 is 11.9 Å². The Morgan fingerprint density at radius 3 is 2.42 bits per heavy atom. The number of rotatable bonds is 5. The molecule has 0 aliphatic carbocycles. The fraction of sp³-hybridized carbons (Fsp3) is 0.500. The van der Waals surface area contributed by atoms with Crippen molar-refractivity contribution in [1.82, 2.24) is 10.3 Å². The van der Waals surface area contributed by atoms with Crippen LogP contribution in [0.4, 0.5) is 0 Å². The van der Waals surface area contributed by atoms with E-state index < -0.39 is 17.9 Å². The highest BCUT2D eigenvalue weighted by Gasteiger charge is 2.22. The highest BCUT2D eigenvalue weighted by molar-refractivity contribution is 5.97. The number of carboxylic acid groups (broad SMARTS) is 1. The summed E-state index contributed by atoms with van der Waals surface area (Å²) in [5.41, 5.74) is 1.85. The monoisotopic (exact) mass is 264 g/mol. The average molecular weight is 264 g/mol. The Hall–Kier alpha value is -1.91. The number of pyridine rings is 1. The first-order valence-corrected chi connectivity index (χ1v) is 6.29. The van der Waals surface area contributed by atoms with Crippen LogP contribution in [0.5, 0.6) is 0 Å². The molecule has 1 amide bonds. The zero-order valence-corrected chi connectivity index (χ0v) is 11.7. The van der Waals surface area contributed by atoms with Crippen LogP contribution in [0.1, 0.15) is 42.0 Å². The molecule has 104 valence electrons. The minimum Gasteiger partial charge on any atom is -0.480 e. The lowest BCUT2D eigenvalue weighted by atomic mass is 10.0. The first-order valence-electron chi connectivity index (χ1n) is 6.29. The first-order chi connectivity index (χ1) is 8.81. The van der Waals surface area contributed by atoms with Crippen molar-refractivity contribution in [3.05, 3.63) is 29.1 Å². The molecule has 0 saturated heterocycles. The Balaban J connectivity index is 2.84. The third kappa shape index (κ3) is 4.35. The third-order valence-electron chi connectivity index (χ3n) is 2.78. The molecule has 19 heavy (non-hydrogen) atoms. The number of amides is 1. The highest BCUT2D eigenvalue weighted by Crippen LogP contribution is 2.09. The first kappa shape index (κ1) is 15.1. The summed E-state index contributed by atoms with van der Waals surface area (Å²) in [4.78, 5) is 27.4. The number of carbonyl (C=O) groups excluding carboxylic acids is 1. The van der Waals surface area contributed by atoms with Crippen LogP contribution in [0.25, 0.3) is 0 Å². The SMILES string of the molecule is Cc1ccc(C(=O)N[C@@H](CC(C)C)C(=O)O)c(C)n1. The third-order valence-corrected chi connectivity index (χ3v) is 2.78. The molecule has 5 nitrogen and oxygen atoms in total. The van der Waals surface area contributed by atoms with Gasteiger partial charge in [-0.15, -0.1) is 0 Å². The number of carboxylic acids is 1. The summed E-state index contributed by atoms with van der Waals surface area (Å²) in [7, 11) is 0. The second-order valence-electron chi connectivity index (χ2n) is 5.08. The van der Waals surface area contributed by atoms with Gasteiger partial charge in [0, 0.05) is 5.69 Å². The molecule has 0 bridgehead atoms. The van der Waals surface area contributed by atoms with E-state index in [1.807, 2.05) is 20.8 Å². The van der Waals surface area contributed by atoms with E-state index >= 15 is 0 Å². The molecule has 0 spiro atoms. The number of aryl methyl sites for hydroxylation is 2. The molecule has 0 fully saturated rings. The molecule has 1 aromatic heterocycles. The maximum Gasteiger partial charge on any atom is 0.326 e. The fourth-order valence-electron chi connectivity index (χ4n) is 1.86. The van der Waals surface area contributed by atoms with Gasteiger partial charge in [-0.25, -0.2) is 4.79 Å². The maximum atomic E-state index is 12.1. The zero-order chi connectivity index (χ0) is 14.6. The summed E-state index contributed by atoms with van der Waals surface area (Å²) >= 11 is 0. The van der Waals surface area contributed by atoms with Gasteiger partial charge in [-0.1, -0.05) is 13.8 Å². The van der Waals surface area contributed by atoms with Crippen LogP contribution >= 0.6 is 0 Å². The van der Waals surface area contributed by atoms with E-state index in [-0.39, 0.29) is 5.92 Å². The van der Waals surface area contributed by atoms with Crippen LogP contribution in [0.15, 0.2) is 12.1 Å². The number of aliphatic carboxylic acids is 1. The summed E-state index contributed by atoms with van der Waals surface area (Å²) in [6.07, 6.45) is 0.402. The van der Waals surface area contributed by atoms with Crippen molar-refractivity contribution in [1.29, 1.82) is 0 Å². The van der Waals surface area contributed by atoms with E-state index in [9.17, 15) is 9.59 Å². The van der Waals surface area contributed by atoms with Gasteiger partial charge >= 0.3 is 5.97 Å². The molecule has 0 aromatic carbocycles. The topological polar surface area (TPSA) is 79.3 Å². The van der Waals surface area contributed by atoms with Gasteiger partial charge in [0.1, 0.15) is 6.04 Å². The molecule has 1 heterocycles. The lowest BCUT2D eigenvalue weighted by Gasteiger charge is -2.17. The number of nitrogens with one attached hydrogen (secondary N) is 1. The lowest BCUT2D eigenvalue weighted by Crippen LogP contribution is -2.41. The Morgan fingerprint density at radius 1 is 1.32 bits per heavy atom. The van der Waals surface area contributed by atoms with Gasteiger partial charge in [-0.05, 0) is 38.3 Å². The second-order valence-corrected chi connectivity index (χ2v) is 5.08. The van der Waals surface area contributed by atoms with Crippen molar-refractivity contribution in [2.75, 3.05) is 0 Å². The van der Waals surface area contributed by atoms with E-state index in [0.717, 1.165) is 5.69 Å². The van der Waals surface area contributed by atoms with E-state index in [4.69, 9.17) is 5.11 Å². The average Bonchev–Trinajstić information content (AvgIpc) is 2.26. The molecule has 1 aromatic rings. The highest BCUT2D eigenvalue weighted by atomic mass is 16.4. The van der Waals surface area contributed by atoms with Crippen molar-refractivity contribution in [2.24, 2.45) is 5.92 Å². The number of carbonyl (C=O) groups is 2. The minimum atomic E-state index is -1.01. The van der Waals surface area contributed by atoms with Gasteiger partial charge < -0.3 is 10.4 Å². The fourth-order valence-corrected chi connectivity index (χ4v) is 1.86. The molecule has 1 atom stereocenters. The predicted octanol–water partition coefficient (Wildman–Crippen LogP) is 1.93. The van der Waals surface area contributed by atoms with Gasteiger partial charge in [0.05, 0.1) is 11.3 Å². The molecule has 2 N–H and O–H groups in total. The Kier molecular flexibility index (Phi) is 5.03. The Bertz CT molecular complexity index is 484. The van der Waals surface area contributed by atoms with Crippen LogP contribution in [0, 0.1) is 19.8 Å². The van der Waals surface area contributed by atoms with Crippen molar-refractivity contribution in [2.45, 2.75) is 40.2 Å². The number of nitrogens with zero attached hydrogens (tertiary/aromatic N) is 1. The predicted molar refractivity (Wildman–Crippen MR) is 72.1 cm³/mol. The minimum absolute atomic E-state index is 0.193. The second kappa shape index (κ2) is 6.31. The smallest absolute Gasteiger partial charge is 0.326 e. The van der Waals surface area contributed by atoms with E-state index in [1.165, 1.54) is 0 Å². The largest absolute Gasteiger partial charge is 0.480 e. The van der Waals surface area contributed by atoms with Crippen molar-refractivity contribution < 1.29 is 14.7 Å². The van der Waals surface area contributed by atoms with Crippen molar-refractivity contribution in [3.63, 3.8) is 0 Å². The standard InChI is InChI=1S/C14H20N2O3/c1-8(2)7-12(14(18)19)16-13(17)11-6-5-9(3)15-10(11)4/h5-6,8,12H,7H2,1-4H3,(H,16,17)(H,18,19)/t12-/m0/s1. The summed E-state index contributed by atoms with van der Waals surface area (Å²) in [5.74, 6) is -1.21. The molecule has 0 aliphatic rings. The molecular weight excluding hydrogens is 244 g/mol. The maximum absolute atomic E-state index is 12.1. The number of aromatic nitrogens is 1. The van der Waals surface area contributed by atoms with Gasteiger partial charge in [0.2, 0.25) is 0 Å². The molecule has 0 unspecified atom stereocenters. The van der Waals surface area contributed by atoms with Crippen LogP contribution in [-0.2, 0) is 4.79 Å². The zero-order valence-electron chi connectivity index (χ0n) is 11.7. The molecule has 5 heteroatoms. The van der Waals surface area contributed by atoms with Crippen molar-refractivity contribution in [3.8, 4) is 0 Å². The molecule has 0 aliphatic heterocycles. The normalized spacial score (nSPS) is 12.3. The van der Waals surface area contributed by atoms with Crippen LogP contribution < -0.4 is 5.32 Å².